The van der Waals surface area contributed by atoms with Gasteiger partial charge in [-0.2, -0.15) is 5.10 Å². The molecule has 0 aromatic carbocycles. The van der Waals surface area contributed by atoms with E-state index in [4.69, 9.17) is 4.74 Å². The molecule has 2 atom stereocenters. The molecule has 2 unspecified atom stereocenters. The first-order valence-electron chi connectivity index (χ1n) is 6.00. The number of rotatable bonds is 3. The van der Waals surface area contributed by atoms with Crippen LogP contribution in [-0.2, 0) is 16.9 Å². The number of ether oxygens (including phenoxy) is 1. The van der Waals surface area contributed by atoms with Crippen molar-refractivity contribution >= 4 is 0 Å². The van der Waals surface area contributed by atoms with E-state index in [2.05, 4.69) is 5.10 Å². The normalized spacial score (nSPS) is 30.6. The van der Waals surface area contributed by atoms with Crippen molar-refractivity contribution in [3.05, 3.63) is 18.0 Å². The maximum atomic E-state index is 10.8. The molecule has 2 rings (SSSR count). The fourth-order valence-electron chi connectivity index (χ4n) is 2.68. The molecule has 0 saturated heterocycles. The van der Waals surface area contributed by atoms with E-state index in [-0.39, 0.29) is 6.10 Å². The number of nitrogens with zero attached hydrogens (tertiary/aromatic N) is 2. The Bertz CT molecular complexity index is 351. The van der Waals surface area contributed by atoms with Gasteiger partial charge in [0.1, 0.15) is 5.60 Å². The van der Waals surface area contributed by atoms with E-state index in [0.717, 1.165) is 37.9 Å². The van der Waals surface area contributed by atoms with Gasteiger partial charge in [0, 0.05) is 19.9 Å². The lowest BCUT2D eigenvalue weighted by Crippen LogP contribution is -2.44. The fourth-order valence-corrected chi connectivity index (χ4v) is 2.68. The molecular formula is C12H20N2O2. The molecular weight excluding hydrogens is 204 g/mol. The van der Waals surface area contributed by atoms with Gasteiger partial charge in [-0.15, -0.1) is 0 Å². The van der Waals surface area contributed by atoms with Crippen LogP contribution < -0.4 is 0 Å². The lowest BCUT2D eigenvalue weighted by Gasteiger charge is -2.39. The van der Waals surface area contributed by atoms with Crippen molar-refractivity contribution in [2.24, 2.45) is 0 Å². The number of hydrogen-bond donors (Lipinski definition) is 1. The van der Waals surface area contributed by atoms with Crippen LogP contribution >= 0.6 is 0 Å². The second kappa shape index (κ2) is 4.55. The summed E-state index contributed by atoms with van der Waals surface area (Å²) in [5.41, 5.74) is 0.0287. The summed E-state index contributed by atoms with van der Waals surface area (Å²) >= 11 is 0. The van der Waals surface area contributed by atoms with Gasteiger partial charge < -0.3 is 9.84 Å². The zero-order chi connectivity index (χ0) is 11.6. The molecule has 0 spiro atoms. The van der Waals surface area contributed by atoms with Gasteiger partial charge in [-0.3, -0.25) is 4.68 Å². The zero-order valence-electron chi connectivity index (χ0n) is 10.0. The molecule has 1 aromatic heterocycles. The minimum absolute atomic E-state index is 0.108. The van der Waals surface area contributed by atoms with Crippen LogP contribution in [0, 0.1) is 0 Å². The van der Waals surface area contributed by atoms with Crippen molar-refractivity contribution in [3.63, 3.8) is 0 Å². The van der Waals surface area contributed by atoms with Gasteiger partial charge in [0.25, 0.3) is 0 Å². The lowest BCUT2D eigenvalue weighted by atomic mass is 9.79. The minimum Gasteiger partial charge on any atom is -0.381 e. The van der Waals surface area contributed by atoms with Gasteiger partial charge in [-0.05, 0) is 32.3 Å². The SMILES string of the molecule is CCn1nccc1C1(O)CCCCC1OC. The maximum Gasteiger partial charge on any atom is 0.132 e. The van der Waals surface area contributed by atoms with Crippen LogP contribution in [0.5, 0.6) is 0 Å². The highest BCUT2D eigenvalue weighted by Crippen LogP contribution is 2.38. The van der Waals surface area contributed by atoms with Crippen LogP contribution in [0.2, 0.25) is 0 Å². The summed E-state index contributed by atoms with van der Waals surface area (Å²) in [5.74, 6) is 0. The molecule has 90 valence electrons. The first-order valence-corrected chi connectivity index (χ1v) is 6.00. The number of hydrogen-bond acceptors (Lipinski definition) is 3. The van der Waals surface area contributed by atoms with Gasteiger partial charge in [0.05, 0.1) is 11.8 Å². The van der Waals surface area contributed by atoms with Gasteiger partial charge in [-0.25, -0.2) is 0 Å². The lowest BCUT2D eigenvalue weighted by molar-refractivity contribution is -0.127. The zero-order valence-corrected chi connectivity index (χ0v) is 10.0. The molecule has 4 heteroatoms. The number of aliphatic hydroxyl groups is 1. The molecule has 1 aromatic rings. The summed E-state index contributed by atoms with van der Waals surface area (Å²) in [7, 11) is 1.67. The molecule has 0 amide bonds. The number of aryl methyl sites for hydroxylation is 1. The van der Waals surface area contributed by atoms with E-state index in [1.165, 1.54) is 0 Å². The van der Waals surface area contributed by atoms with Crippen molar-refractivity contribution in [1.29, 1.82) is 0 Å². The van der Waals surface area contributed by atoms with Crippen LogP contribution in [0.3, 0.4) is 0 Å². The van der Waals surface area contributed by atoms with Gasteiger partial charge in [0.2, 0.25) is 0 Å². The van der Waals surface area contributed by atoms with Gasteiger partial charge >= 0.3 is 0 Å². The minimum atomic E-state index is -0.862. The quantitative estimate of drug-likeness (QED) is 0.849. The second-order valence-electron chi connectivity index (χ2n) is 4.43. The molecule has 4 nitrogen and oxygen atoms in total. The van der Waals surface area contributed by atoms with Crippen molar-refractivity contribution in [3.8, 4) is 0 Å². The van der Waals surface area contributed by atoms with Crippen LogP contribution in [0.25, 0.3) is 0 Å². The van der Waals surface area contributed by atoms with E-state index >= 15 is 0 Å². The first kappa shape index (κ1) is 11.6. The van der Waals surface area contributed by atoms with Crippen molar-refractivity contribution in [2.45, 2.75) is 50.9 Å². The van der Waals surface area contributed by atoms with Crippen molar-refractivity contribution in [1.82, 2.24) is 9.78 Å². The third-order valence-electron chi connectivity index (χ3n) is 3.55. The van der Waals surface area contributed by atoms with Crippen LogP contribution in [0.1, 0.15) is 38.3 Å². The monoisotopic (exact) mass is 224 g/mol. The summed E-state index contributed by atoms with van der Waals surface area (Å²) in [4.78, 5) is 0. The van der Waals surface area contributed by atoms with E-state index in [0.29, 0.717) is 0 Å². The number of methoxy groups -OCH3 is 1. The Hall–Kier alpha value is -0.870. The fraction of sp³-hybridized carbons (Fsp3) is 0.750. The Morgan fingerprint density at radius 1 is 1.62 bits per heavy atom. The highest BCUT2D eigenvalue weighted by Gasteiger charge is 2.42. The van der Waals surface area contributed by atoms with Gasteiger partial charge in [0.15, 0.2) is 0 Å². The molecule has 0 bridgehead atoms. The highest BCUT2D eigenvalue weighted by molar-refractivity contribution is 5.15. The molecule has 1 N–H and O–H groups in total. The largest absolute Gasteiger partial charge is 0.381 e. The van der Waals surface area contributed by atoms with E-state index in [1.807, 2.05) is 17.7 Å². The predicted molar refractivity (Wildman–Crippen MR) is 61.1 cm³/mol. The Kier molecular flexibility index (Phi) is 3.30. The van der Waals surface area contributed by atoms with E-state index < -0.39 is 5.60 Å². The second-order valence-corrected chi connectivity index (χ2v) is 4.43. The summed E-state index contributed by atoms with van der Waals surface area (Å²) < 4.78 is 7.30. The third kappa shape index (κ3) is 1.76. The Morgan fingerprint density at radius 2 is 2.44 bits per heavy atom. The molecule has 1 aliphatic carbocycles. The highest BCUT2D eigenvalue weighted by atomic mass is 16.5. The Balaban J connectivity index is 2.34. The van der Waals surface area contributed by atoms with Crippen molar-refractivity contribution < 1.29 is 9.84 Å². The predicted octanol–water partition coefficient (Wildman–Crippen LogP) is 1.68. The van der Waals surface area contributed by atoms with Crippen LogP contribution in [0.15, 0.2) is 12.3 Å². The third-order valence-corrected chi connectivity index (χ3v) is 3.55. The molecule has 1 heterocycles. The topological polar surface area (TPSA) is 47.3 Å². The van der Waals surface area contributed by atoms with Crippen molar-refractivity contribution in [2.75, 3.05) is 7.11 Å². The molecule has 0 aliphatic heterocycles. The molecule has 1 saturated carbocycles. The molecule has 0 radical (unpaired) electrons. The maximum absolute atomic E-state index is 10.8. The standard InChI is InChI=1S/C12H20N2O2/c1-3-14-10(7-9-13-14)12(15)8-5-4-6-11(12)16-2/h7,9,11,15H,3-6,8H2,1-2H3. The smallest absolute Gasteiger partial charge is 0.132 e. The van der Waals surface area contributed by atoms with E-state index in [1.54, 1.807) is 13.3 Å². The molecule has 1 fully saturated rings. The van der Waals surface area contributed by atoms with Gasteiger partial charge in [-0.1, -0.05) is 6.42 Å². The van der Waals surface area contributed by atoms with Crippen LogP contribution in [0.4, 0.5) is 0 Å². The summed E-state index contributed by atoms with van der Waals surface area (Å²) in [6, 6.07) is 1.90. The molecule has 16 heavy (non-hydrogen) atoms. The molecule has 1 aliphatic rings. The summed E-state index contributed by atoms with van der Waals surface area (Å²) in [6.07, 6.45) is 5.49. The average Bonchev–Trinajstić information content (AvgIpc) is 2.78. The first-order chi connectivity index (χ1) is 7.72. The Morgan fingerprint density at radius 3 is 3.12 bits per heavy atom. The summed E-state index contributed by atoms with van der Waals surface area (Å²) in [5, 5.41) is 15.0. The summed E-state index contributed by atoms with van der Waals surface area (Å²) in [6.45, 7) is 2.81. The van der Waals surface area contributed by atoms with Crippen LogP contribution in [-0.4, -0.2) is 28.1 Å². The average molecular weight is 224 g/mol. The van der Waals surface area contributed by atoms with E-state index in [9.17, 15) is 5.11 Å². The number of aromatic nitrogens is 2. The Labute approximate surface area is 96.2 Å².